The van der Waals surface area contributed by atoms with E-state index in [1.807, 2.05) is 0 Å². The molecule has 2 N–H and O–H groups in total. The summed E-state index contributed by atoms with van der Waals surface area (Å²) in [6.45, 7) is 0. The molecule has 0 spiro atoms. The van der Waals surface area contributed by atoms with Crippen LogP contribution >= 0.6 is 8.25 Å². The molecule has 0 aromatic rings. The largest absolute Gasteiger partial charge is 0.264 e. The molecule has 0 heterocycles. The van der Waals surface area contributed by atoms with E-state index in [4.69, 9.17) is 4.57 Å². The van der Waals surface area contributed by atoms with Gasteiger partial charge in [-0.05, 0) is 0 Å². The maximum Gasteiger partial charge on any atom is 0.193 e. The van der Waals surface area contributed by atoms with Crippen LogP contribution in [0.15, 0.2) is 4.85 Å². The van der Waals surface area contributed by atoms with Crippen molar-refractivity contribution >= 4 is 8.25 Å². The van der Waals surface area contributed by atoms with Crippen molar-refractivity contribution in [1.29, 1.82) is 0 Å². The second-order valence-corrected chi connectivity index (χ2v) is 0.661. The number of hydrogen-bond acceptors (Lipinski definition) is 2. The normalized spacial score (nSPS) is 7.25. The first-order chi connectivity index (χ1) is 1.91. The first-order valence-electron chi connectivity index (χ1n) is 0.686. The molecule has 0 aliphatic heterocycles. The third kappa shape index (κ3) is 1.86. The van der Waals surface area contributed by atoms with Gasteiger partial charge in [-0.1, -0.05) is 0 Å². The minimum Gasteiger partial charge on any atom is -0.264 e. The molecule has 0 aliphatic carbocycles. The quantitative estimate of drug-likeness (QED) is 0.253. The van der Waals surface area contributed by atoms with E-state index in [0.717, 1.165) is 0 Å². The Labute approximate surface area is 24.7 Å². The van der Waals surface area contributed by atoms with E-state index in [9.17, 15) is 0 Å². The van der Waals surface area contributed by atoms with Crippen molar-refractivity contribution < 1.29 is 4.57 Å². The summed E-state index contributed by atoms with van der Waals surface area (Å²) in [5.74, 6) is 4.35. The lowest BCUT2D eigenvalue weighted by Crippen LogP contribution is -1.64. The Bertz CT molecular complexity index is 44.0. The second kappa shape index (κ2) is 2.86. The molecule has 1 atom stereocenters. The number of nitrogens with zero attached hydrogens (tertiary/aromatic N) is 1. The van der Waals surface area contributed by atoms with Gasteiger partial charge < -0.3 is 0 Å². The molecule has 4 heavy (non-hydrogen) atoms. The van der Waals surface area contributed by atoms with Crippen molar-refractivity contribution in [2.24, 2.45) is 10.7 Å². The van der Waals surface area contributed by atoms with Gasteiger partial charge in [-0.15, -0.1) is 0 Å². The average Bonchev–Trinajstić information content (AvgIpc) is 1.37. The molecular formula is H3N2OP. The highest BCUT2D eigenvalue weighted by molar-refractivity contribution is 7.11. The highest BCUT2D eigenvalue weighted by Crippen LogP contribution is 1.62. The van der Waals surface area contributed by atoms with E-state index in [1.54, 1.807) is 0 Å². The van der Waals surface area contributed by atoms with E-state index in [-0.39, 0.29) is 0 Å². The first kappa shape index (κ1) is 3.86. The van der Waals surface area contributed by atoms with Crippen LogP contribution in [-0.2, 0) is 4.57 Å². The van der Waals surface area contributed by atoms with Crippen molar-refractivity contribution in [3.63, 3.8) is 0 Å². The molecule has 0 saturated carbocycles. The molecule has 0 saturated heterocycles. The van der Waals surface area contributed by atoms with E-state index in [1.165, 1.54) is 0 Å². The van der Waals surface area contributed by atoms with Gasteiger partial charge >= 0.3 is 0 Å². The fourth-order valence-electron chi connectivity index (χ4n) is 0. The molecule has 24 valence electrons. The van der Waals surface area contributed by atoms with Gasteiger partial charge in [-0.3, -0.25) is 4.57 Å². The topological polar surface area (TPSA) is 55.4 Å². The molecule has 0 bridgehead atoms. The molecule has 0 aromatic heterocycles. The van der Waals surface area contributed by atoms with Gasteiger partial charge in [-0.25, -0.2) is 5.84 Å². The molecule has 0 rings (SSSR count). The summed E-state index contributed by atoms with van der Waals surface area (Å²) in [5, 5.41) is 0. The smallest absolute Gasteiger partial charge is 0.193 e. The summed E-state index contributed by atoms with van der Waals surface area (Å²) >= 11 is 0. The zero-order chi connectivity index (χ0) is 3.41. The molecule has 4 heteroatoms. The molecule has 3 nitrogen and oxygen atoms in total. The Balaban J connectivity index is 3.11. The van der Waals surface area contributed by atoms with Crippen LogP contribution in [0.2, 0.25) is 0 Å². The third-order valence-corrected chi connectivity index (χ3v) is 0.158. The zero-order valence-corrected chi connectivity index (χ0v) is 2.93. The minimum atomic E-state index is -0.707. The average molecular weight is 78.0 g/mol. The Morgan fingerprint density at radius 2 is 2.25 bits per heavy atom. The summed E-state index contributed by atoms with van der Waals surface area (Å²) in [6, 6.07) is 0. The monoisotopic (exact) mass is 78.0 g/mol. The summed E-state index contributed by atoms with van der Waals surface area (Å²) in [5.41, 5.74) is 0. The second-order valence-electron chi connectivity index (χ2n) is 0.220. The SMILES string of the molecule is NN=[PH]=O. The van der Waals surface area contributed by atoms with Crippen LogP contribution in [0.4, 0.5) is 0 Å². The van der Waals surface area contributed by atoms with Gasteiger partial charge in [0.2, 0.25) is 0 Å². The molecule has 0 amide bonds. The van der Waals surface area contributed by atoms with Crippen molar-refractivity contribution in [3.05, 3.63) is 0 Å². The summed E-state index contributed by atoms with van der Waals surface area (Å²) in [6.07, 6.45) is 0. The predicted molar refractivity (Wildman–Crippen MR) is 15.6 cm³/mol. The maximum absolute atomic E-state index is 9.03. The van der Waals surface area contributed by atoms with E-state index in [2.05, 4.69) is 10.7 Å². The lowest BCUT2D eigenvalue weighted by atomic mass is 13.0. The highest BCUT2D eigenvalue weighted by Gasteiger charge is 1.24. The predicted octanol–water partition coefficient (Wildman–Crippen LogP) is 0.0677. The van der Waals surface area contributed by atoms with Crippen molar-refractivity contribution in [3.8, 4) is 0 Å². The van der Waals surface area contributed by atoms with Crippen LogP contribution < -0.4 is 5.84 Å². The maximum atomic E-state index is 9.03. The van der Waals surface area contributed by atoms with Gasteiger partial charge in [0.15, 0.2) is 8.25 Å². The fraction of sp³-hybridized carbons (Fsp3) is 0. The van der Waals surface area contributed by atoms with Crippen molar-refractivity contribution in [2.45, 2.75) is 0 Å². The Hall–Kier alpha value is -0.140. The van der Waals surface area contributed by atoms with Gasteiger partial charge in [0.1, 0.15) is 0 Å². The Morgan fingerprint density at radius 3 is 2.25 bits per heavy atom. The van der Waals surface area contributed by atoms with Crippen molar-refractivity contribution in [2.75, 3.05) is 0 Å². The van der Waals surface area contributed by atoms with Crippen LogP contribution in [0.3, 0.4) is 0 Å². The molecular weight excluding hydrogens is 75.0 g/mol. The Kier molecular flexibility index (Phi) is 2.76. The van der Waals surface area contributed by atoms with E-state index >= 15 is 0 Å². The number of hydrogen-bond donors (Lipinski definition) is 1. The molecule has 0 aliphatic rings. The summed E-state index contributed by atoms with van der Waals surface area (Å²) in [7, 11) is -0.707. The van der Waals surface area contributed by atoms with E-state index < -0.39 is 8.25 Å². The lowest BCUT2D eigenvalue weighted by molar-refractivity contribution is 0.602. The highest BCUT2D eigenvalue weighted by atomic mass is 31.0. The van der Waals surface area contributed by atoms with Gasteiger partial charge in [0.25, 0.3) is 0 Å². The molecule has 0 radical (unpaired) electrons. The molecule has 0 fully saturated rings. The van der Waals surface area contributed by atoms with Crippen LogP contribution in [-0.4, -0.2) is 0 Å². The molecule has 1 unspecified atom stereocenters. The number of nitrogens with two attached hydrogens (primary N) is 1. The summed E-state index contributed by atoms with van der Waals surface area (Å²) in [4.78, 5) is 2.71. The van der Waals surface area contributed by atoms with Gasteiger partial charge in [-0.2, -0.15) is 4.85 Å². The zero-order valence-electron chi connectivity index (χ0n) is 1.93. The van der Waals surface area contributed by atoms with E-state index in [0.29, 0.717) is 0 Å². The third-order valence-electron chi connectivity index (χ3n) is 0.0527. The van der Waals surface area contributed by atoms with Gasteiger partial charge in [0.05, 0.1) is 0 Å². The van der Waals surface area contributed by atoms with Crippen LogP contribution in [0.1, 0.15) is 0 Å². The first-order valence-corrected chi connectivity index (χ1v) is 1.54. The minimum absolute atomic E-state index is 0.707. The van der Waals surface area contributed by atoms with Crippen LogP contribution in [0, 0.1) is 0 Å². The van der Waals surface area contributed by atoms with Gasteiger partial charge in [0, 0.05) is 0 Å². The lowest BCUT2D eigenvalue weighted by Gasteiger charge is -1.42. The van der Waals surface area contributed by atoms with Crippen LogP contribution in [0.5, 0.6) is 0 Å². The summed E-state index contributed by atoms with van der Waals surface area (Å²) < 4.78 is 9.03. The van der Waals surface area contributed by atoms with Crippen molar-refractivity contribution in [1.82, 2.24) is 0 Å². The fourth-order valence-corrected chi connectivity index (χ4v) is 0. The Morgan fingerprint density at radius 1 is 2.00 bits per heavy atom. The number of rotatable bonds is 0. The molecule has 0 aromatic carbocycles. The van der Waals surface area contributed by atoms with Crippen LogP contribution in [0.25, 0.3) is 0 Å². The standard InChI is InChI=1S/H3N2OP/c1-2-4-3/h4H,1H2.